The highest BCUT2D eigenvalue weighted by molar-refractivity contribution is 6.30. The minimum absolute atomic E-state index is 0.453. The third-order valence-corrected chi connectivity index (χ3v) is 1.39. The van der Waals surface area contributed by atoms with E-state index < -0.39 is 11.7 Å². The lowest BCUT2D eigenvalue weighted by Gasteiger charge is -2.16. The van der Waals surface area contributed by atoms with Crippen molar-refractivity contribution in [2.75, 3.05) is 0 Å². The van der Waals surface area contributed by atoms with Gasteiger partial charge in [0.1, 0.15) is 5.60 Å². The van der Waals surface area contributed by atoms with E-state index in [9.17, 15) is 4.79 Å². The van der Waals surface area contributed by atoms with E-state index in [-0.39, 0.29) is 0 Å². The van der Waals surface area contributed by atoms with E-state index in [4.69, 9.17) is 17.3 Å². The summed E-state index contributed by atoms with van der Waals surface area (Å²) < 4.78 is 4.58. The number of nitrogens with two attached hydrogens (primary N) is 1. The van der Waals surface area contributed by atoms with Crippen LogP contribution in [0.15, 0.2) is 30.3 Å². The summed E-state index contributed by atoms with van der Waals surface area (Å²) in [6, 6.07) is 9.44. The second kappa shape index (κ2) is 6.30. The van der Waals surface area contributed by atoms with Crippen LogP contribution in [0.25, 0.3) is 0 Å². The number of rotatable bonds is 0. The molecule has 0 fully saturated rings. The highest BCUT2D eigenvalue weighted by Crippen LogP contribution is 2.05. The Kier molecular flexibility index (Phi) is 5.79. The van der Waals surface area contributed by atoms with Crippen molar-refractivity contribution >= 4 is 17.7 Å². The quantitative estimate of drug-likeness (QED) is 0.743. The Bertz CT molecular complexity index is 293. The van der Waals surface area contributed by atoms with Crippen molar-refractivity contribution in [3.8, 4) is 0 Å². The number of hydrogen-bond donors (Lipinski definition) is 1. The Labute approximate surface area is 95.2 Å². The van der Waals surface area contributed by atoms with Crippen molar-refractivity contribution in [2.45, 2.75) is 26.4 Å². The first-order valence-corrected chi connectivity index (χ1v) is 4.88. The van der Waals surface area contributed by atoms with Crippen LogP contribution in [0.2, 0.25) is 5.02 Å². The van der Waals surface area contributed by atoms with Crippen molar-refractivity contribution in [1.82, 2.24) is 0 Å². The highest BCUT2D eigenvalue weighted by atomic mass is 35.5. The van der Waals surface area contributed by atoms with Gasteiger partial charge < -0.3 is 10.5 Å². The van der Waals surface area contributed by atoms with Gasteiger partial charge in [-0.25, -0.2) is 4.79 Å². The molecule has 0 aliphatic heterocycles. The Balaban J connectivity index is 0.000000262. The van der Waals surface area contributed by atoms with Crippen LogP contribution in [-0.2, 0) is 4.74 Å². The third-order valence-electron chi connectivity index (χ3n) is 1.14. The van der Waals surface area contributed by atoms with Crippen LogP contribution in [-0.4, -0.2) is 11.7 Å². The fourth-order valence-corrected chi connectivity index (χ4v) is 0.862. The number of ether oxygens (including phenoxy) is 1. The van der Waals surface area contributed by atoms with Crippen LogP contribution in [0, 0.1) is 0 Å². The molecule has 0 spiro atoms. The Morgan fingerprint density at radius 2 is 1.73 bits per heavy atom. The second-order valence-electron chi connectivity index (χ2n) is 3.83. The molecule has 2 N–H and O–H groups in total. The number of amides is 1. The molecule has 1 aromatic rings. The smallest absolute Gasteiger partial charge is 0.405 e. The third kappa shape index (κ3) is 10.7. The molecule has 0 radical (unpaired) electrons. The minimum Gasteiger partial charge on any atom is -0.444 e. The topological polar surface area (TPSA) is 52.3 Å². The lowest BCUT2D eigenvalue weighted by Crippen LogP contribution is -2.27. The van der Waals surface area contributed by atoms with Gasteiger partial charge in [0, 0.05) is 5.02 Å². The molecule has 0 saturated carbocycles. The van der Waals surface area contributed by atoms with E-state index in [1.54, 1.807) is 20.8 Å². The van der Waals surface area contributed by atoms with Gasteiger partial charge in [0.05, 0.1) is 0 Å². The van der Waals surface area contributed by atoms with Gasteiger partial charge in [-0.15, -0.1) is 0 Å². The Morgan fingerprint density at radius 1 is 1.27 bits per heavy atom. The monoisotopic (exact) mass is 229 g/mol. The summed E-state index contributed by atoms with van der Waals surface area (Å²) in [7, 11) is 0. The van der Waals surface area contributed by atoms with Gasteiger partial charge in [0.2, 0.25) is 0 Å². The molecule has 0 aromatic heterocycles. The normalized spacial score (nSPS) is 9.87. The van der Waals surface area contributed by atoms with Gasteiger partial charge in [-0.2, -0.15) is 0 Å². The molecule has 0 aliphatic carbocycles. The molecule has 0 unspecified atom stereocenters. The fraction of sp³-hybridized carbons (Fsp3) is 0.364. The molecule has 15 heavy (non-hydrogen) atoms. The van der Waals surface area contributed by atoms with Gasteiger partial charge in [-0.3, -0.25) is 0 Å². The van der Waals surface area contributed by atoms with Crippen LogP contribution in [0.4, 0.5) is 4.79 Å². The van der Waals surface area contributed by atoms with Crippen LogP contribution >= 0.6 is 11.6 Å². The lowest BCUT2D eigenvalue weighted by molar-refractivity contribution is 0.0600. The van der Waals surface area contributed by atoms with E-state index in [1.165, 1.54) is 0 Å². The Morgan fingerprint density at radius 3 is 1.87 bits per heavy atom. The number of hydrogen-bond acceptors (Lipinski definition) is 2. The maximum atomic E-state index is 10.0. The van der Waals surface area contributed by atoms with E-state index in [0.717, 1.165) is 5.02 Å². The average Bonchev–Trinajstić information content (AvgIpc) is 2.01. The molecule has 4 heteroatoms. The van der Waals surface area contributed by atoms with Crippen LogP contribution in [0.5, 0.6) is 0 Å². The first-order valence-electron chi connectivity index (χ1n) is 4.50. The van der Waals surface area contributed by atoms with E-state index in [0.29, 0.717) is 0 Å². The summed E-state index contributed by atoms with van der Waals surface area (Å²) in [4.78, 5) is 10.0. The zero-order valence-corrected chi connectivity index (χ0v) is 9.91. The van der Waals surface area contributed by atoms with Crippen LogP contribution < -0.4 is 5.73 Å². The van der Waals surface area contributed by atoms with Gasteiger partial charge in [-0.05, 0) is 32.9 Å². The summed E-state index contributed by atoms with van der Waals surface area (Å²) in [5, 5.41) is 0.794. The predicted molar refractivity (Wildman–Crippen MR) is 61.9 cm³/mol. The molecule has 0 heterocycles. The van der Waals surface area contributed by atoms with Gasteiger partial charge >= 0.3 is 6.09 Å². The molecular weight excluding hydrogens is 214 g/mol. The summed E-state index contributed by atoms with van der Waals surface area (Å²) in [6.07, 6.45) is -0.725. The lowest BCUT2D eigenvalue weighted by atomic mass is 10.2. The minimum atomic E-state index is -0.725. The average molecular weight is 230 g/mol. The first kappa shape index (κ1) is 13.8. The maximum Gasteiger partial charge on any atom is 0.405 e. The van der Waals surface area contributed by atoms with Crippen LogP contribution in [0.3, 0.4) is 0 Å². The van der Waals surface area contributed by atoms with E-state index in [2.05, 4.69) is 4.74 Å². The van der Waals surface area contributed by atoms with E-state index in [1.807, 2.05) is 30.3 Å². The predicted octanol–water partition coefficient (Wildman–Crippen LogP) is 3.22. The SMILES string of the molecule is CC(C)(C)OC(N)=O.Clc1ccccc1. The summed E-state index contributed by atoms with van der Waals surface area (Å²) in [5.74, 6) is 0. The Hall–Kier alpha value is -1.22. The molecule has 0 saturated heterocycles. The number of halogens is 1. The molecule has 3 nitrogen and oxygen atoms in total. The number of primary amides is 1. The number of carbonyl (C=O) groups is 1. The van der Waals surface area contributed by atoms with Crippen molar-refractivity contribution in [3.63, 3.8) is 0 Å². The maximum absolute atomic E-state index is 10.0. The second-order valence-corrected chi connectivity index (χ2v) is 4.27. The van der Waals surface area contributed by atoms with Gasteiger partial charge in [0.15, 0.2) is 0 Å². The molecular formula is C11H16ClNO2. The first-order chi connectivity index (χ1) is 6.81. The summed E-state index contributed by atoms with van der Waals surface area (Å²) in [6.45, 7) is 5.28. The number of benzene rings is 1. The molecule has 1 rings (SSSR count). The van der Waals surface area contributed by atoms with Crippen molar-refractivity contribution < 1.29 is 9.53 Å². The largest absolute Gasteiger partial charge is 0.444 e. The zero-order chi connectivity index (χ0) is 11.9. The standard InChI is InChI=1S/C6H5Cl.C5H11NO2/c7-6-4-2-1-3-5-6;1-5(2,3)8-4(6)7/h1-5H;1-3H3,(H2,6,7). The van der Waals surface area contributed by atoms with Gasteiger partial charge in [-0.1, -0.05) is 29.8 Å². The molecule has 0 bridgehead atoms. The summed E-state index contributed by atoms with van der Waals surface area (Å²) in [5.41, 5.74) is 4.26. The molecule has 1 aromatic carbocycles. The van der Waals surface area contributed by atoms with Crippen molar-refractivity contribution in [1.29, 1.82) is 0 Å². The molecule has 0 aliphatic rings. The number of carbonyl (C=O) groups excluding carboxylic acids is 1. The molecule has 0 atom stereocenters. The van der Waals surface area contributed by atoms with E-state index >= 15 is 0 Å². The van der Waals surface area contributed by atoms with Crippen molar-refractivity contribution in [2.24, 2.45) is 5.73 Å². The van der Waals surface area contributed by atoms with Crippen LogP contribution in [0.1, 0.15) is 20.8 Å². The molecule has 1 amide bonds. The fourth-order valence-electron chi connectivity index (χ4n) is 0.716. The highest BCUT2D eigenvalue weighted by Gasteiger charge is 2.12. The molecule has 84 valence electrons. The zero-order valence-electron chi connectivity index (χ0n) is 9.16. The van der Waals surface area contributed by atoms with Crippen molar-refractivity contribution in [3.05, 3.63) is 35.4 Å². The summed E-state index contributed by atoms with van der Waals surface area (Å²) >= 11 is 5.54. The van der Waals surface area contributed by atoms with Gasteiger partial charge in [0.25, 0.3) is 0 Å².